The van der Waals surface area contributed by atoms with E-state index in [1.165, 1.54) is 19.3 Å². The van der Waals surface area contributed by atoms with Gasteiger partial charge in [0.1, 0.15) is 5.75 Å². The summed E-state index contributed by atoms with van der Waals surface area (Å²) in [5, 5.41) is 4.10. The summed E-state index contributed by atoms with van der Waals surface area (Å²) in [5.74, 6) is 1.22. The number of benzene rings is 1. The first-order valence-electron chi connectivity index (χ1n) is 7.14. The van der Waals surface area contributed by atoms with Crippen LogP contribution in [0.15, 0.2) is 28.8 Å². The molecule has 0 radical (unpaired) electrons. The van der Waals surface area contributed by atoms with Gasteiger partial charge in [-0.3, -0.25) is 0 Å². The molecule has 4 nitrogen and oxygen atoms in total. The molecule has 0 aliphatic rings. The Morgan fingerprint density at radius 1 is 1.15 bits per heavy atom. The van der Waals surface area contributed by atoms with Crippen LogP contribution < -0.4 is 10.5 Å². The van der Waals surface area contributed by atoms with Gasteiger partial charge in [0, 0.05) is 0 Å². The molecule has 0 spiro atoms. The van der Waals surface area contributed by atoms with Crippen LogP contribution in [-0.4, -0.2) is 12.3 Å². The molecule has 20 heavy (non-hydrogen) atoms. The van der Waals surface area contributed by atoms with Crippen LogP contribution in [0.2, 0.25) is 0 Å². The van der Waals surface area contributed by atoms with E-state index in [1.807, 2.05) is 24.3 Å². The molecule has 0 saturated carbocycles. The Labute approximate surface area is 119 Å². The Morgan fingerprint density at radius 3 is 2.55 bits per heavy atom. The maximum Gasteiger partial charge on any atom is 0.230 e. The van der Waals surface area contributed by atoms with Crippen LogP contribution in [-0.2, 0) is 6.42 Å². The van der Waals surface area contributed by atoms with Crippen LogP contribution in [0.3, 0.4) is 0 Å². The Kier molecular flexibility index (Phi) is 5.04. The molecule has 0 bridgehead atoms. The fourth-order valence-corrected chi connectivity index (χ4v) is 2.29. The van der Waals surface area contributed by atoms with E-state index >= 15 is 0 Å². The second-order valence-electron chi connectivity index (χ2n) is 4.91. The van der Waals surface area contributed by atoms with Gasteiger partial charge in [0.15, 0.2) is 0 Å². The number of nitrogens with zero attached hydrogens (tertiary/aromatic N) is 1. The number of nitrogen functional groups attached to an aromatic ring is 1. The van der Waals surface area contributed by atoms with Gasteiger partial charge in [0.25, 0.3) is 0 Å². The van der Waals surface area contributed by atoms with Crippen molar-refractivity contribution in [1.29, 1.82) is 0 Å². The SMILES string of the molecule is CCCCCCc1noc(N)c1-c1ccc(OC)cc1. The lowest BCUT2D eigenvalue weighted by molar-refractivity contribution is 0.415. The smallest absolute Gasteiger partial charge is 0.230 e. The second-order valence-corrected chi connectivity index (χ2v) is 4.91. The lowest BCUT2D eigenvalue weighted by Gasteiger charge is -2.04. The number of hydrogen-bond acceptors (Lipinski definition) is 4. The molecule has 2 rings (SSSR count). The topological polar surface area (TPSA) is 61.3 Å². The zero-order chi connectivity index (χ0) is 14.4. The summed E-state index contributed by atoms with van der Waals surface area (Å²) < 4.78 is 10.3. The van der Waals surface area contributed by atoms with Crippen LogP contribution in [0, 0.1) is 0 Å². The van der Waals surface area contributed by atoms with E-state index in [1.54, 1.807) is 7.11 Å². The van der Waals surface area contributed by atoms with Crippen LogP contribution in [0.5, 0.6) is 5.75 Å². The molecule has 0 unspecified atom stereocenters. The summed E-state index contributed by atoms with van der Waals surface area (Å²) in [4.78, 5) is 0. The number of anilines is 1. The van der Waals surface area contributed by atoms with Gasteiger partial charge in [-0.25, -0.2) is 0 Å². The molecular weight excluding hydrogens is 252 g/mol. The maximum atomic E-state index is 5.91. The Hall–Kier alpha value is -1.97. The molecule has 0 atom stereocenters. The highest BCUT2D eigenvalue weighted by molar-refractivity contribution is 5.75. The molecule has 0 aliphatic carbocycles. The van der Waals surface area contributed by atoms with Crippen molar-refractivity contribution in [3.63, 3.8) is 0 Å². The van der Waals surface area contributed by atoms with Gasteiger partial charge in [0.05, 0.1) is 18.4 Å². The Bertz CT molecular complexity index is 532. The molecule has 4 heteroatoms. The van der Waals surface area contributed by atoms with Crippen molar-refractivity contribution in [2.24, 2.45) is 0 Å². The fraction of sp³-hybridized carbons (Fsp3) is 0.438. The molecule has 1 aromatic carbocycles. The van der Waals surface area contributed by atoms with Gasteiger partial charge in [0.2, 0.25) is 5.88 Å². The van der Waals surface area contributed by atoms with E-state index in [0.717, 1.165) is 35.4 Å². The third kappa shape index (κ3) is 3.32. The van der Waals surface area contributed by atoms with E-state index in [-0.39, 0.29) is 0 Å². The number of unbranched alkanes of at least 4 members (excludes halogenated alkanes) is 3. The van der Waals surface area contributed by atoms with Crippen molar-refractivity contribution in [2.75, 3.05) is 12.8 Å². The fourth-order valence-electron chi connectivity index (χ4n) is 2.29. The highest BCUT2D eigenvalue weighted by Gasteiger charge is 2.15. The zero-order valence-corrected chi connectivity index (χ0v) is 12.2. The average Bonchev–Trinajstić information content (AvgIpc) is 2.85. The lowest BCUT2D eigenvalue weighted by Crippen LogP contribution is -1.92. The first kappa shape index (κ1) is 14.4. The summed E-state index contributed by atoms with van der Waals surface area (Å²) in [6.45, 7) is 2.21. The Morgan fingerprint density at radius 2 is 1.90 bits per heavy atom. The molecule has 2 N–H and O–H groups in total. The largest absolute Gasteiger partial charge is 0.497 e. The van der Waals surface area contributed by atoms with Crippen LogP contribution in [0.25, 0.3) is 11.1 Å². The molecule has 1 heterocycles. The van der Waals surface area contributed by atoms with E-state index in [9.17, 15) is 0 Å². The first-order chi connectivity index (χ1) is 9.76. The van der Waals surface area contributed by atoms with E-state index < -0.39 is 0 Å². The van der Waals surface area contributed by atoms with E-state index in [0.29, 0.717) is 5.88 Å². The predicted molar refractivity (Wildman–Crippen MR) is 80.7 cm³/mol. The van der Waals surface area contributed by atoms with Gasteiger partial charge >= 0.3 is 0 Å². The standard InChI is InChI=1S/C16H22N2O2/c1-3-4-5-6-7-14-15(16(17)20-18-14)12-8-10-13(19-2)11-9-12/h8-11H,3-7,17H2,1-2H3. The molecular formula is C16H22N2O2. The zero-order valence-electron chi connectivity index (χ0n) is 12.2. The third-order valence-corrected chi connectivity index (χ3v) is 3.43. The van der Waals surface area contributed by atoms with E-state index in [4.69, 9.17) is 15.0 Å². The van der Waals surface area contributed by atoms with Crippen molar-refractivity contribution in [1.82, 2.24) is 5.16 Å². The lowest BCUT2D eigenvalue weighted by atomic mass is 10.0. The summed E-state index contributed by atoms with van der Waals surface area (Å²) in [7, 11) is 1.65. The van der Waals surface area contributed by atoms with Crippen molar-refractivity contribution < 1.29 is 9.26 Å². The minimum Gasteiger partial charge on any atom is -0.497 e. The Balaban J connectivity index is 2.15. The third-order valence-electron chi connectivity index (χ3n) is 3.43. The molecule has 2 aromatic rings. The van der Waals surface area contributed by atoms with Crippen molar-refractivity contribution in [2.45, 2.75) is 39.0 Å². The minimum absolute atomic E-state index is 0.389. The molecule has 0 fully saturated rings. The summed E-state index contributed by atoms with van der Waals surface area (Å²) >= 11 is 0. The quantitative estimate of drug-likeness (QED) is 0.773. The highest BCUT2D eigenvalue weighted by atomic mass is 16.5. The van der Waals surface area contributed by atoms with Gasteiger partial charge in [-0.15, -0.1) is 0 Å². The van der Waals surface area contributed by atoms with E-state index in [2.05, 4.69) is 12.1 Å². The predicted octanol–water partition coefficient (Wildman–Crippen LogP) is 4.06. The highest BCUT2D eigenvalue weighted by Crippen LogP contribution is 2.31. The monoisotopic (exact) mass is 274 g/mol. The number of nitrogens with two attached hydrogens (primary N) is 1. The number of aryl methyl sites for hydroxylation is 1. The molecule has 1 aromatic heterocycles. The molecule has 0 saturated heterocycles. The number of ether oxygens (including phenoxy) is 1. The molecule has 0 aliphatic heterocycles. The van der Waals surface area contributed by atoms with Gasteiger partial charge in [-0.2, -0.15) is 0 Å². The van der Waals surface area contributed by atoms with Crippen molar-refractivity contribution >= 4 is 5.88 Å². The van der Waals surface area contributed by atoms with Gasteiger partial charge in [-0.05, 0) is 30.5 Å². The minimum atomic E-state index is 0.389. The summed E-state index contributed by atoms with van der Waals surface area (Å²) in [5.41, 5.74) is 8.81. The van der Waals surface area contributed by atoms with Crippen LogP contribution in [0.4, 0.5) is 5.88 Å². The van der Waals surface area contributed by atoms with Crippen molar-refractivity contribution in [3.8, 4) is 16.9 Å². The van der Waals surface area contributed by atoms with Crippen molar-refractivity contribution in [3.05, 3.63) is 30.0 Å². The molecule has 0 amide bonds. The second kappa shape index (κ2) is 6.98. The van der Waals surface area contributed by atoms with Gasteiger partial charge < -0.3 is 15.0 Å². The van der Waals surface area contributed by atoms with Crippen LogP contribution >= 0.6 is 0 Å². The summed E-state index contributed by atoms with van der Waals surface area (Å²) in [6.07, 6.45) is 5.72. The summed E-state index contributed by atoms with van der Waals surface area (Å²) in [6, 6.07) is 7.81. The number of rotatable bonds is 7. The number of hydrogen-bond donors (Lipinski definition) is 1. The van der Waals surface area contributed by atoms with Crippen LogP contribution in [0.1, 0.15) is 38.3 Å². The average molecular weight is 274 g/mol. The maximum absolute atomic E-state index is 5.91. The number of aromatic nitrogens is 1. The first-order valence-corrected chi connectivity index (χ1v) is 7.14. The molecule has 108 valence electrons. The van der Waals surface area contributed by atoms with Gasteiger partial charge in [-0.1, -0.05) is 43.5 Å². The normalized spacial score (nSPS) is 10.7. The number of methoxy groups -OCH3 is 1.